The number of nitrogens with one attached hydrogen (secondary N) is 1. The van der Waals surface area contributed by atoms with Gasteiger partial charge in [0, 0.05) is 34.9 Å². The first-order chi connectivity index (χ1) is 15.8. The molecule has 2 heterocycles. The SMILES string of the molecule is COc1ccc(C2C3=C(CC(C)(C)CC3=O)Nc3nc(-c4cccc(C)c4)nn32)c(OC)c1. The molecule has 1 aromatic heterocycles. The highest BCUT2D eigenvalue weighted by molar-refractivity contribution is 6.00. The zero-order valence-corrected chi connectivity index (χ0v) is 19.6. The first-order valence-electron chi connectivity index (χ1n) is 11.1. The molecule has 0 fully saturated rings. The average molecular weight is 445 g/mol. The van der Waals surface area contributed by atoms with Crippen molar-refractivity contribution in [2.24, 2.45) is 5.41 Å². The van der Waals surface area contributed by atoms with Gasteiger partial charge < -0.3 is 14.8 Å². The summed E-state index contributed by atoms with van der Waals surface area (Å²) in [7, 11) is 3.25. The zero-order chi connectivity index (χ0) is 23.3. The number of nitrogens with zero attached hydrogens (tertiary/aromatic N) is 3. The second-order valence-corrected chi connectivity index (χ2v) is 9.54. The number of fused-ring (bicyclic) bond motifs is 1. The predicted octanol–water partition coefficient (Wildman–Crippen LogP) is 4.93. The van der Waals surface area contributed by atoms with Crippen molar-refractivity contribution in [3.05, 3.63) is 64.9 Å². The van der Waals surface area contributed by atoms with Crippen LogP contribution in [0.2, 0.25) is 0 Å². The first-order valence-corrected chi connectivity index (χ1v) is 11.1. The molecule has 1 atom stereocenters. The maximum atomic E-state index is 13.5. The van der Waals surface area contributed by atoms with Gasteiger partial charge >= 0.3 is 0 Å². The molecule has 5 rings (SSSR count). The average Bonchev–Trinajstić information content (AvgIpc) is 3.20. The molecule has 0 saturated carbocycles. The summed E-state index contributed by atoms with van der Waals surface area (Å²) < 4.78 is 12.9. The van der Waals surface area contributed by atoms with Crippen molar-refractivity contribution in [1.82, 2.24) is 14.8 Å². The van der Waals surface area contributed by atoms with E-state index in [1.807, 2.05) is 48.0 Å². The maximum absolute atomic E-state index is 13.5. The number of allylic oxidation sites excluding steroid dienone is 2. The number of hydrogen-bond donors (Lipinski definition) is 1. The van der Waals surface area contributed by atoms with E-state index in [1.54, 1.807) is 14.2 Å². The number of methoxy groups -OCH3 is 2. The van der Waals surface area contributed by atoms with E-state index in [1.165, 1.54) is 0 Å². The number of Topliss-reactive ketones (excluding diaryl/α,β-unsaturated/α-hetero) is 1. The molecule has 1 aliphatic carbocycles. The Labute approximate surface area is 193 Å². The van der Waals surface area contributed by atoms with Gasteiger partial charge in [-0.2, -0.15) is 4.98 Å². The molecule has 2 aliphatic rings. The molecular weight excluding hydrogens is 416 g/mol. The minimum absolute atomic E-state index is 0.120. The van der Waals surface area contributed by atoms with Crippen LogP contribution in [0.1, 0.15) is 43.9 Å². The van der Waals surface area contributed by atoms with E-state index in [4.69, 9.17) is 19.6 Å². The second kappa shape index (κ2) is 7.76. The van der Waals surface area contributed by atoms with Gasteiger partial charge in [-0.3, -0.25) is 4.79 Å². The molecule has 0 radical (unpaired) electrons. The third-order valence-electron chi connectivity index (χ3n) is 6.34. The topological polar surface area (TPSA) is 78.3 Å². The van der Waals surface area contributed by atoms with Crippen molar-refractivity contribution in [2.45, 2.75) is 39.7 Å². The summed E-state index contributed by atoms with van der Waals surface area (Å²) in [6, 6.07) is 13.3. The lowest BCUT2D eigenvalue weighted by Gasteiger charge is -2.38. The van der Waals surface area contributed by atoms with Crippen molar-refractivity contribution in [1.29, 1.82) is 0 Å². The number of aryl methyl sites for hydroxylation is 1. The Morgan fingerprint density at radius 1 is 1.09 bits per heavy atom. The summed E-state index contributed by atoms with van der Waals surface area (Å²) in [5.41, 5.74) is 4.43. The molecule has 7 heteroatoms. The minimum Gasteiger partial charge on any atom is -0.497 e. The Morgan fingerprint density at radius 3 is 2.64 bits per heavy atom. The Bertz CT molecular complexity index is 1290. The van der Waals surface area contributed by atoms with E-state index < -0.39 is 6.04 Å². The number of anilines is 1. The van der Waals surface area contributed by atoms with E-state index >= 15 is 0 Å². The molecule has 0 amide bonds. The van der Waals surface area contributed by atoms with Crippen molar-refractivity contribution in [2.75, 3.05) is 19.5 Å². The molecule has 2 aromatic carbocycles. The molecule has 170 valence electrons. The summed E-state index contributed by atoms with van der Waals surface area (Å²) in [6.07, 6.45) is 1.24. The van der Waals surface area contributed by atoms with E-state index in [2.05, 4.69) is 25.2 Å². The van der Waals surface area contributed by atoms with Gasteiger partial charge in [0.05, 0.1) is 14.2 Å². The molecule has 0 saturated heterocycles. The van der Waals surface area contributed by atoms with Gasteiger partial charge in [0.2, 0.25) is 5.95 Å². The van der Waals surface area contributed by atoms with Gasteiger partial charge in [0.1, 0.15) is 17.5 Å². The van der Waals surface area contributed by atoms with Gasteiger partial charge in [-0.05, 0) is 37.0 Å². The lowest BCUT2D eigenvalue weighted by Crippen LogP contribution is -2.36. The number of aromatic nitrogens is 3. The van der Waals surface area contributed by atoms with Crippen LogP contribution in [0.5, 0.6) is 11.5 Å². The second-order valence-electron chi connectivity index (χ2n) is 9.54. The summed E-state index contributed by atoms with van der Waals surface area (Å²) in [4.78, 5) is 18.3. The monoisotopic (exact) mass is 444 g/mol. The lowest BCUT2D eigenvalue weighted by molar-refractivity contribution is -0.118. The van der Waals surface area contributed by atoms with Gasteiger partial charge in [0.15, 0.2) is 11.6 Å². The van der Waals surface area contributed by atoms with E-state index in [9.17, 15) is 4.79 Å². The number of ether oxygens (including phenoxy) is 2. The largest absolute Gasteiger partial charge is 0.497 e. The molecule has 0 spiro atoms. The smallest absolute Gasteiger partial charge is 0.226 e. The van der Waals surface area contributed by atoms with Crippen molar-refractivity contribution < 1.29 is 14.3 Å². The highest BCUT2D eigenvalue weighted by atomic mass is 16.5. The van der Waals surface area contributed by atoms with Crippen LogP contribution in [0.3, 0.4) is 0 Å². The van der Waals surface area contributed by atoms with Crippen LogP contribution in [0.4, 0.5) is 5.95 Å². The van der Waals surface area contributed by atoms with E-state index in [-0.39, 0.29) is 11.2 Å². The third kappa shape index (κ3) is 3.67. The molecular formula is C26H28N4O3. The Balaban J connectivity index is 1.71. The van der Waals surface area contributed by atoms with Crippen molar-refractivity contribution >= 4 is 11.7 Å². The minimum atomic E-state index is -0.438. The maximum Gasteiger partial charge on any atom is 0.226 e. The fourth-order valence-electron chi connectivity index (χ4n) is 4.85. The molecule has 1 N–H and O–H groups in total. The lowest BCUT2D eigenvalue weighted by atomic mass is 9.73. The fourth-order valence-corrected chi connectivity index (χ4v) is 4.85. The molecule has 3 aromatic rings. The van der Waals surface area contributed by atoms with Gasteiger partial charge in [-0.15, -0.1) is 5.10 Å². The molecule has 1 unspecified atom stereocenters. The Morgan fingerprint density at radius 2 is 1.91 bits per heavy atom. The fraction of sp³-hybridized carbons (Fsp3) is 0.346. The third-order valence-corrected chi connectivity index (χ3v) is 6.34. The Kier molecular flexibility index (Phi) is 5.00. The van der Waals surface area contributed by atoms with Crippen molar-refractivity contribution in [3.8, 4) is 22.9 Å². The Hall–Kier alpha value is -3.61. The van der Waals surface area contributed by atoms with Crippen LogP contribution in [-0.2, 0) is 4.79 Å². The standard InChI is InChI=1S/C26H28N4O3/c1-15-7-6-8-16(11-15)24-28-25-27-19-13-26(2,3)14-20(31)22(19)23(30(25)29-24)18-10-9-17(32-4)12-21(18)33-5/h6-12,23H,13-14H2,1-5H3,(H,27,28,29). The molecule has 7 nitrogen and oxygen atoms in total. The molecule has 0 bridgehead atoms. The van der Waals surface area contributed by atoms with E-state index in [0.29, 0.717) is 29.7 Å². The summed E-state index contributed by atoms with van der Waals surface area (Å²) in [6.45, 7) is 6.29. The van der Waals surface area contributed by atoms with Crippen LogP contribution in [-0.4, -0.2) is 34.8 Å². The van der Waals surface area contributed by atoms with Gasteiger partial charge in [-0.1, -0.05) is 37.6 Å². The zero-order valence-electron chi connectivity index (χ0n) is 19.6. The summed E-state index contributed by atoms with van der Waals surface area (Å²) >= 11 is 0. The van der Waals surface area contributed by atoms with Gasteiger partial charge in [-0.25, -0.2) is 4.68 Å². The predicted molar refractivity (Wildman–Crippen MR) is 127 cm³/mol. The van der Waals surface area contributed by atoms with Crippen molar-refractivity contribution in [3.63, 3.8) is 0 Å². The highest BCUT2D eigenvalue weighted by Gasteiger charge is 2.42. The summed E-state index contributed by atoms with van der Waals surface area (Å²) in [5, 5.41) is 8.30. The normalized spacial score (nSPS) is 18.9. The first kappa shape index (κ1) is 21.2. The summed E-state index contributed by atoms with van der Waals surface area (Å²) in [5.74, 6) is 2.69. The highest BCUT2D eigenvalue weighted by Crippen LogP contribution is 2.47. The molecule has 1 aliphatic heterocycles. The van der Waals surface area contributed by atoms with Gasteiger partial charge in [0.25, 0.3) is 0 Å². The number of benzene rings is 2. The van der Waals surface area contributed by atoms with Crippen LogP contribution in [0, 0.1) is 12.3 Å². The van der Waals surface area contributed by atoms with Crippen LogP contribution >= 0.6 is 0 Å². The quantitative estimate of drug-likeness (QED) is 0.615. The van der Waals surface area contributed by atoms with Crippen LogP contribution in [0.25, 0.3) is 11.4 Å². The number of carbonyl (C=O) groups is 1. The molecule has 33 heavy (non-hydrogen) atoms. The van der Waals surface area contributed by atoms with Crippen LogP contribution < -0.4 is 14.8 Å². The number of carbonyl (C=O) groups excluding carboxylic acids is 1. The number of hydrogen-bond acceptors (Lipinski definition) is 6. The number of rotatable bonds is 4. The van der Waals surface area contributed by atoms with E-state index in [0.717, 1.165) is 34.4 Å². The number of ketones is 1. The van der Waals surface area contributed by atoms with Crippen LogP contribution in [0.15, 0.2) is 53.7 Å².